The molecule has 109 valence electrons. The average molecular weight is 261 g/mol. The van der Waals surface area contributed by atoms with Crippen molar-refractivity contribution in [2.75, 3.05) is 0 Å². The van der Waals surface area contributed by atoms with E-state index in [0.717, 1.165) is 12.8 Å². The summed E-state index contributed by atoms with van der Waals surface area (Å²) < 4.78 is 0. The lowest BCUT2D eigenvalue weighted by Crippen LogP contribution is -1.78. The van der Waals surface area contributed by atoms with E-state index in [9.17, 15) is 0 Å². The van der Waals surface area contributed by atoms with Crippen LogP contribution in [0.15, 0.2) is 30.4 Å². The molecule has 0 nitrogen and oxygen atoms in total. The molecule has 0 N–H and O–H groups in total. The van der Waals surface area contributed by atoms with Gasteiger partial charge in [-0.1, -0.05) is 76.0 Å². The van der Waals surface area contributed by atoms with Gasteiger partial charge in [-0.15, -0.1) is 0 Å². The van der Waals surface area contributed by atoms with Crippen LogP contribution in [0.25, 0.3) is 0 Å². The maximum absolute atomic E-state index is 5.34. The van der Waals surface area contributed by atoms with E-state index in [1.165, 1.54) is 64.2 Å². The van der Waals surface area contributed by atoms with Crippen molar-refractivity contribution < 1.29 is 0 Å². The highest BCUT2D eigenvalue weighted by Crippen LogP contribution is 2.08. The molecule has 0 spiro atoms. The highest BCUT2D eigenvalue weighted by molar-refractivity contribution is 4.92. The van der Waals surface area contributed by atoms with Crippen molar-refractivity contribution in [3.8, 4) is 0 Å². The Balaban J connectivity index is 3.14. The minimum atomic E-state index is 1.07. The van der Waals surface area contributed by atoms with E-state index in [4.69, 9.17) is 6.58 Å². The normalized spacial score (nSPS) is 11.6. The zero-order chi connectivity index (χ0) is 14.0. The predicted octanol–water partition coefficient (Wildman–Crippen LogP) is 6.79. The second-order valence-corrected chi connectivity index (χ2v) is 5.26. The van der Waals surface area contributed by atoms with Crippen molar-refractivity contribution in [3.05, 3.63) is 37.0 Å². The summed E-state index contributed by atoms with van der Waals surface area (Å²) in [5, 5.41) is 0. The Morgan fingerprint density at radius 2 is 1.16 bits per heavy atom. The topological polar surface area (TPSA) is 0 Å². The van der Waals surface area contributed by atoms with Crippen LogP contribution in [0.5, 0.6) is 0 Å². The highest BCUT2D eigenvalue weighted by atomic mass is 13.9. The first kappa shape index (κ1) is 18.2. The Kier molecular flexibility index (Phi) is 16.5. The minimum absolute atomic E-state index is 1.07. The van der Waals surface area contributed by atoms with Crippen LogP contribution in [0.4, 0.5) is 0 Å². The van der Waals surface area contributed by atoms with Gasteiger partial charge >= 0.3 is 0 Å². The van der Waals surface area contributed by atoms with Gasteiger partial charge in [0.2, 0.25) is 0 Å². The van der Waals surface area contributed by atoms with Gasteiger partial charge in [0.1, 0.15) is 0 Å². The molecule has 0 heteroatoms. The summed E-state index contributed by atoms with van der Waals surface area (Å²) in [6.07, 6.45) is 26.4. The van der Waals surface area contributed by atoms with E-state index >= 15 is 0 Å². The van der Waals surface area contributed by atoms with Crippen molar-refractivity contribution in [1.82, 2.24) is 0 Å². The van der Waals surface area contributed by atoms with Gasteiger partial charge in [-0.2, -0.15) is 0 Å². The van der Waals surface area contributed by atoms with Gasteiger partial charge in [0.05, 0.1) is 0 Å². The lowest BCUT2D eigenvalue weighted by molar-refractivity contribution is 0.622. The van der Waals surface area contributed by atoms with Gasteiger partial charge in [-0.3, -0.25) is 0 Å². The Bertz CT molecular complexity index is 222. The van der Waals surface area contributed by atoms with Crippen molar-refractivity contribution in [3.63, 3.8) is 0 Å². The second kappa shape index (κ2) is 17.2. The van der Waals surface area contributed by atoms with Gasteiger partial charge in [0.15, 0.2) is 0 Å². The van der Waals surface area contributed by atoms with Crippen LogP contribution in [0.2, 0.25) is 0 Å². The summed E-state index contributed by atoms with van der Waals surface area (Å²) in [6.45, 7) is 7.60. The van der Waals surface area contributed by atoms with Gasteiger partial charge in [0, 0.05) is 0 Å². The maximum Gasteiger partial charge on any atom is -0.0169 e. The number of hydrogen-bond donors (Lipinski definition) is 0. The molecule has 0 aromatic rings. The van der Waals surface area contributed by atoms with E-state index in [0.29, 0.717) is 0 Å². The van der Waals surface area contributed by atoms with E-state index in [1.807, 2.05) is 0 Å². The maximum atomic E-state index is 5.34. The summed E-state index contributed by atoms with van der Waals surface area (Å²) in [5.74, 6) is 0. The van der Waals surface area contributed by atoms with Crippen LogP contribution in [0.1, 0.15) is 84.0 Å². The summed E-state index contributed by atoms with van der Waals surface area (Å²) in [6, 6.07) is 0. The monoisotopic (exact) mass is 261 g/mol. The third-order valence-electron chi connectivity index (χ3n) is 3.32. The van der Waals surface area contributed by atoms with Gasteiger partial charge < -0.3 is 0 Å². The summed E-state index contributed by atoms with van der Waals surface area (Å²) in [7, 11) is 0. The summed E-state index contributed by atoms with van der Waals surface area (Å²) in [5.41, 5.74) is 0. The van der Waals surface area contributed by atoms with Crippen LogP contribution >= 0.6 is 0 Å². The molecular formula is C19H33. The Labute approximate surface area is 121 Å². The fourth-order valence-corrected chi connectivity index (χ4v) is 2.07. The van der Waals surface area contributed by atoms with E-state index < -0.39 is 0 Å². The number of rotatable bonds is 14. The van der Waals surface area contributed by atoms with Gasteiger partial charge in [-0.25, -0.2) is 0 Å². The van der Waals surface area contributed by atoms with Crippen molar-refractivity contribution in [2.24, 2.45) is 0 Å². The van der Waals surface area contributed by atoms with Gasteiger partial charge in [0.25, 0.3) is 0 Å². The molecule has 0 rings (SSSR count). The molecule has 19 heavy (non-hydrogen) atoms. The molecule has 0 unspecified atom stereocenters. The van der Waals surface area contributed by atoms with Crippen LogP contribution in [0, 0.1) is 6.58 Å². The molecule has 0 saturated heterocycles. The smallest absolute Gasteiger partial charge is 0.0169 e. The quantitative estimate of drug-likeness (QED) is 0.238. The number of unbranched alkanes of at least 4 members (excludes halogenated alkanes) is 9. The number of allylic oxidation sites excluding steroid dienone is 5. The molecule has 0 bridgehead atoms. The van der Waals surface area contributed by atoms with Crippen LogP contribution in [-0.2, 0) is 0 Å². The molecule has 0 aliphatic rings. The molecule has 0 atom stereocenters. The fourth-order valence-electron chi connectivity index (χ4n) is 2.07. The summed E-state index contributed by atoms with van der Waals surface area (Å²) >= 11 is 0. The van der Waals surface area contributed by atoms with Crippen LogP contribution in [0.3, 0.4) is 0 Å². The Morgan fingerprint density at radius 3 is 1.74 bits per heavy atom. The highest BCUT2D eigenvalue weighted by Gasteiger charge is 1.88. The third-order valence-corrected chi connectivity index (χ3v) is 3.32. The molecule has 0 saturated carbocycles. The first-order valence-electron chi connectivity index (χ1n) is 8.25. The van der Waals surface area contributed by atoms with E-state index in [-0.39, 0.29) is 0 Å². The Morgan fingerprint density at radius 1 is 0.632 bits per heavy atom. The standard InChI is InChI=1S/C19H33/c1-3-5-7-9-11-13-15-17-19-18-16-14-12-10-8-6-4-2/h1,3,12,14,18-19H,4-11,13,15-17H2,2H3/b3-1?,14-12?,19-18-. The zero-order valence-electron chi connectivity index (χ0n) is 12.9. The molecule has 0 aliphatic carbocycles. The summed E-state index contributed by atoms with van der Waals surface area (Å²) in [4.78, 5) is 0. The fraction of sp³-hybridized carbons (Fsp3) is 0.684. The molecule has 0 aromatic heterocycles. The molecular weight excluding hydrogens is 228 g/mol. The molecule has 0 aromatic carbocycles. The minimum Gasteiger partial charge on any atom is -0.0882 e. The molecule has 0 amide bonds. The molecule has 1 radical (unpaired) electrons. The van der Waals surface area contributed by atoms with Crippen molar-refractivity contribution in [1.29, 1.82) is 0 Å². The number of hydrogen-bond acceptors (Lipinski definition) is 0. The first-order valence-corrected chi connectivity index (χ1v) is 8.25. The largest absolute Gasteiger partial charge is 0.0882 e. The molecule has 0 aliphatic heterocycles. The SMILES string of the molecule is [CH]=CCCCCCCC/C=C\CC=CCCCCC. The van der Waals surface area contributed by atoms with Crippen molar-refractivity contribution in [2.45, 2.75) is 84.0 Å². The molecule has 0 fully saturated rings. The lowest BCUT2D eigenvalue weighted by atomic mass is 10.1. The lowest BCUT2D eigenvalue weighted by Gasteiger charge is -1.97. The average Bonchev–Trinajstić information content (AvgIpc) is 2.43. The van der Waals surface area contributed by atoms with Crippen molar-refractivity contribution >= 4 is 0 Å². The zero-order valence-corrected chi connectivity index (χ0v) is 12.9. The first-order chi connectivity index (χ1) is 9.41. The predicted molar refractivity (Wildman–Crippen MR) is 88.2 cm³/mol. The molecule has 0 heterocycles. The van der Waals surface area contributed by atoms with E-state index in [1.54, 1.807) is 6.08 Å². The Hall–Kier alpha value is -0.780. The van der Waals surface area contributed by atoms with Crippen LogP contribution in [-0.4, -0.2) is 0 Å². The third kappa shape index (κ3) is 17.2. The van der Waals surface area contributed by atoms with Crippen LogP contribution < -0.4 is 0 Å². The van der Waals surface area contributed by atoms with Gasteiger partial charge in [-0.05, 0) is 44.9 Å². The second-order valence-electron chi connectivity index (χ2n) is 5.26. The van der Waals surface area contributed by atoms with E-state index in [2.05, 4.69) is 31.2 Å².